The van der Waals surface area contributed by atoms with Gasteiger partial charge in [-0.25, -0.2) is 0 Å². The molecule has 0 saturated carbocycles. The van der Waals surface area contributed by atoms with E-state index in [1.807, 2.05) is 5.38 Å². The SMILES string of the molecule is N/C(=N/O)c1ccc(OCc2cccs2)c(C(F)(F)F)c1. The Morgan fingerprint density at radius 1 is 1.33 bits per heavy atom. The van der Waals surface area contributed by atoms with Crippen LogP contribution in [0.3, 0.4) is 0 Å². The minimum atomic E-state index is -4.60. The van der Waals surface area contributed by atoms with Crippen molar-refractivity contribution in [2.45, 2.75) is 12.8 Å². The Bertz CT molecular complexity index is 639. The fourth-order valence-electron chi connectivity index (χ4n) is 1.64. The molecule has 0 saturated heterocycles. The highest BCUT2D eigenvalue weighted by Crippen LogP contribution is 2.37. The van der Waals surface area contributed by atoms with Crippen molar-refractivity contribution in [1.82, 2.24) is 0 Å². The molecule has 0 radical (unpaired) electrons. The second-order valence-corrected chi connectivity index (χ2v) is 5.09. The molecule has 0 bridgehead atoms. The van der Waals surface area contributed by atoms with Gasteiger partial charge in [-0.05, 0) is 29.6 Å². The first kappa shape index (κ1) is 15.2. The van der Waals surface area contributed by atoms with Crippen LogP contribution < -0.4 is 10.5 Å². The molecule has 0 atom stereocenters. The molecule has 8 heteroatoms. The van der Waals surface area contributed by atoms with E-state index in [1.165, 1.54) is 17.4 Å². The molecule has 3 N–H and O–H groups in total. The summed E-state index contributed by atoms with van der Waals surface area (Å²) < 4.78 is 44.3. The number of thiophene rings is 1. The maximum atomic E-state index is 13.0. The Hall–Kier alpha value is -2.22. The Labute approximate surface area is 122 Å². The van der Waals surface area contributed by atoms with E-state index < -0.39 is 17.6 Å². The van der Waals surface area contributed by atoms with E-state index in [-0.39, 0.29) is 17.9 Å². The van der Waals surface area contributed by atoms with Gasteiger partial charge < -0.3 is 15.7 Å². The third kappa shape index (κ3) is 3.66. The van der Waals surface area contributed by atoms with Crippen molar-refractivity contribution < 1.29 is 23.1 Å². The summed E-state index contributed by atoms with van der Waals surface area (Å²) in [7, 11) is 0. The summed E-state index contributed by atoms with van der Waals surface area (Å²) in [6.07, 6.45) is -4.60. The average molecular weight is 316 g/mol. The maximum absolute atomic E-state index is 13.0. The zero-order chi connectivity index (χ0) is 15.5. The number of rotatable bonds is 4. The second-order valence-electron chi connectivity index (χ2n) is 4.06. The monoisotopic (exact) mass is 316 g/mol. The number of alkyl halides is 3. The minimum Gasteiger partial charge on any atom is -0.487 e. The highest BCUT2D eigenvalue weighted by atomic mass is 32.1. The van der Waals surface area contributed by atoms with Gasteiger partial charge in [-0.2, -0.15) is 13.2 Å². The second kappa shape index (κ2) is 6.04. The largest absolute Gasteiger partial charge is 0.487 e. The first-order chi connectivity index (χ1) is 9.91. The van der Waals surface area contributed by atoms with E-state index in [1.54, 1.807) is 12.1 Å². The molecular weight excluding hydrogens is 305 g/mol. The van der Waals surface area contributed by atoms with Gasteiger partial charge in [0.1, 0.15) is 12.4 Å². The number of ether oxygens (including phenoxy) is 1. The molecule has 0 aliphatic heterocycles. The maximum Gasteiger partial charge on any atom is 0.419 e. The van der Waals surface area contributed by atoms with Crippen molar-refractivity contribution in [3.05, 3.63) is 51.7 Å². The van der Waals surface area contributed by atoms with Crippen LogP contribution in [-0.4, -0.2) is 11.0 Å². The molecular formula is C13H11F3N2O2S. The van der Waals surface area contributed by atoms with Crippen LogP contribution in [0.25, 0.3) is 0 Å². The molecule has 2 rings (SSSR count). The summed E-state index contributed by atoms with van der Waals surface area (Å²) in [5.74, 6) is -0.698. The van der Waals surface area contributed by atoms with E-state index in [2.05, 4.69) is 5.16 Å². The van der Waals surface area contributed by atoms with Gasteiger partial charge in [-0.1, -0.05) is 11.2 Å². The predicted octanol–water partition coefficient (Wildman–Crippen LogP) is 3.44. The van der Waals surface area contributed by atoms with E-state index in [9.17, 15) is 13.2 Å². The minimum absolute atomic E-state index is 0.0340. The molecule has 21 heavy (non-hydrogen) atoms. The molecule has 4 nitrogen and oxygen atoms in total. The zero-order valence-corrected chi connectivity index (χ0v) is 11.4. The van der Waals surface area contributed by atoms with Crippen molar-refractivity contribution in [3.8, 4) is 5.75 Å². The number of halogens is 3. The summed E-state index contributed by atoms with van der Waals surface area (Å²) >= 11 is 1.39. The standard InChI is InChI=1S/C13H11F3N2O2S/c14-13(15,16)10-6-8(12(17)18-19)3-4-11(10)20-7-9-2-1-5-21-9/h1-6,19H,7H2,(H2,17,18). The first-order valence-electron chi connectivity index (χ1n) is 5.76. The van der Waals surface area contributed by atoms with Gasteiger partial charge in [-0.3, -0.25) is 0 Å². The van der Waals surface area contributed by atoms with Gasteiger partial charge in [0.15, 0.2) is 5.84 Å². The van der Waals surface area contributed by atoms with Crippen LogP contribution in [0, 0.1) is 0 Å². The molecule has 0 unspecified atom stereocenters. The van der Waals surface area contributed by atoms with Gasteiger partial charge in [0.05, 0.1) is 5.56 Å². The van der Waals surface area contributed by atoms with Gasteiger partial charge in [-0.15, -0.1) is 11.3 Å². The molecule has 0 spiro atoms. The number of hydrogen-bond acceptors (Lipinski definition) is 4. The first-order valence-corrected chi connectivity index (χ1v) is 6.64. The van der Waals surface area contributed by atoms with Crippen LogP contribution in [0.5, 0.6) is 5.75 Å². The smallest absolute Gasteiger partial charge is 0.419 e. The number of oxime groups is 1. The van der Waals surface area contributed by atoms with Crippen LogP contribution in [0.15, 0.2) is 40.9 Å². The molecule has 2 aromatic rings. The van der Waals surface area contributed by atoms with E-state index >= 15 is 0 Å². The normalized spacial score (nSPS) is 12.4. The van der Waals surface area contributed by atoms with Gasteiger partial charge in [0.25, 0.3) is 0 Å². The molecule has 0 aliphatic carbocycles. The quantitative estimate of drug-likeness (QED) is 0.393. The third-order valence-corrected chi connectivity index (χ3v) is 3.49. The lowest BCUT2D eigenvalue weighted by Crippen LogP contribution is -2.16. The summed E-state index contributed by atoms with van der Waals surface area (Å²) in [5, 5.41) is 13.0. The van der Waals surface area contributed by atoms with Crippen LogP contribution in [0.4, 0.5) is 13.2 Å². The predicted molar refractivity (Wildman–Crippen MR) is 72.6 cm³/mol. The average Bonchev–Trinajstić information content (AvgIpc) is 2.96. The lowest BCUT2D eigenvalue weighted by Gasteiger charge is -2.14. The van der Waals surface area contributed by atoms with Gasteiger partial charge in [0, 0.05) is 10.4 Å². The number of benzene rings is 1. The summed E-state index contributed by atoms with van der Waals surface area (Å²) in [5.41, 5.74) is 4.30. The topological polar surface area (TPSA) is 67.8 Å². The van der Waals surface area contributed by atoms with Crippen LogP contribution in [0.2, 0.25) is 0 Å². The Morgan fingerprint density at radius 3 is 2.67 bits per heavy atom. The summed E-state index contributed by atoms with van der Waals surface area (Å²) in [4.78, 5) is 0.809. The molecule has 112 valence electrons. The zero-order valence-electron chi connectivity index (χ0n) is 10.6. The van der Waals surface area contributed by atoms with Crippen molar-refractivity contribution in [2.24, 2.45) is 10.9 Å². The van der Waals surface area contributed by atoms with Crippen molar-refractivity contribution in [1.29, 1.82) is 0 Å². The molecule has 0 aliphatic rings. The number of nitrogens with two attached hydrogens (primary N) is 1. The molecule has 0 amide bonds. The lowest BCUT2D eigenvalue weighted by molar-refractivity contribution is -0.139. The van der Waals surface area contributed by atoms with Crippen LogP contribution in [0.1, 0.15) is 16.0 Å². The van der Waals surface area contributed by atoms with Crippen molar-refractivity contribution in [2.75, 3.05) is 0 Å². The Kier molecular flexibility index (Phi) is 4.37. The van der Waals surface area contributed by atoms with Crippen molar-refractivity contribution in [3.63, 3.8) is 0 Å². The number of amidine groups is 1. The van der Waals surface area contributed by atoms with Crippen molar-refractivity contribution >= 4 is 17.2 Å². The van der Waals surface area contributed by atoms with E-state index in [4.69, 9.17) is 15.7 Å². The molecule has 0 fully saturated rings. The van der Waals surface area contributed by atoms with Crippen LogP contribution >= 0.6 is 11.3 Å². The fraction of sp³-hybridized carbons (Fsp3) is 0.154. The Balaban J connectivity index is 2.31. The summed E-state index contributed by atoms with van der Waals surface area (Å²) in [6.45, 7) is 0.0453. The molecule has 1 aromatic carbocycles. The number of nitrogens with zero attached hydrogens (tertiary/aromatic N) is 1. The van der Waals surface area contributed by atoms with Gasteiger partial charge in [0.2, 0.25) is 0 Å². The molecule has 1 heterocycles. The van der Waals surface area contributed by atoms with Gasteiger partial charge >= 0.3 is 6.18 Å². The Morgan fingerprint density at radius 2 is 2.10 bits per heavy atom. The van der Waals surface area contributed by atoms with E-state index in [0.29, 0.717) is 0 Å². The van der Waals surface area contributed by atoms with E-state index in [0.717, 1.165) is 17.0 Å². The number of hydrogen-bond donors (Lipinski definition) is 2. The highest BCUT2D eigenvalue weighted by molar-refractivity contribution is 7.09. The lowest BCUT2D eigenvalue weighted by atomic mass is 10.1. The molecule has 1 aromatic heterocycles. The fourth-order valence-corrected chi connectivity index (χ4v) is 2.25. The van der Waals surface area contributed by atoms with Crippen LogP contribution in [-0.2, 0) is 12.8 Å². The summed E-state index contributed by atoms with van der Waals surface area (Å²) in [6, 6.07) is 6.80. The highest BCUT2D eigenvalue weighted by Gasteiger charge is 2.35. The third-order valence-electron chi connectivity index (χ3n) is 2.64.